The maximum Gasteiger partial charge on any atom is 0.262 e. The molecule has 0 aliphatic heterocycles. The van der Waals surface area contributed by atoms with E-state index in [1.54, 1.807) is 16.9 Å². The van der Waals surface area contributed by atoms with Crippen molar-refractivity contribution in [1.29, 1.82) is 0 Å². The van der Waals surface area contributed by atoms with E-state index < -0.39 is 0 Å². The smallest absolute Gasteiger partial charge is 0.262 e. The molecule has 0 fully saturated rings. The summed E-state index contributed by atoms with van der Waals surface area (Å²) in [6, 6.07) is 15.0. The van der Waals surface area contributed by atoms with Gasteiger partial charge in [-0.05, 0) is 30.7 Å². The first-order valence-corrected chi connectivity index (χ1v) is 11.2. The Morgan fingerprint density at radius 1 is 1.10 bits per heavy atom. The maximum atomic E-state index is 12.9. The van der Waals surface area contributed by atoms with Gasteiger partial charge in [-0.3, -0.25) is 13.8 Å². The van der Waals surface area contributed by atoms with Crippen LogP contribution < -0.4 is 5.56 Å². The number of hydrogen-bond donors (Lipinski definition) is 0. The van der Waals surface area contributed by atoms with Crippen LogP contribution in [0.3, 0.4) is 0 Å². The quantitative estimate of drug-likeness (QED) is 0.336. The molecule has 0 amide bonds. The van der Waals surface area contributed by atoms with Crippen LogP contribution in [-0.4, -0.2) is 24.1 Å². The Balaban J connectivity index is 1.51. The van der Waals surface area contributed by atoms with Crippen LogP contribution in [0.5, 0.6) is 0 Å². The van der Waals surface area contributed by atoms with E-state index in [0.29, 0.717) is 39.5 Å². The summed E-state index contributed by atoms with van der Waals surface area (Å²) in [5.74, 6) is 1.56. The molecule has 0 aliphatic rings. The van der Waals surface area contributed by atoms with Crippen LogP contribution in [0.1, 0.15) is 19.0 Å². The molecule has 5 rings (SSSR count). The number of thioether (sulfide) groups is 1. The Morgan fingerprint density at radius 3 is 2.74 bits per heavy atom. The van der Waals surface area contributed by atoms with Gasteiger partial charge in [-0.2, -0.15) is 0 Å². The fourth-order valence-corrected chi connectivity index (χ4v) is 4.56. The topological polar surface area (TPSA) is 78.2 Å². The summed E-state index contributed by atoms with van der Waals surface area (Å²) in [6.07, 6.45) is 2.45. The monoisotopic (exact) mass is 451 g/mol. The zero-order valence-electron chi connectivity index (χ0n) is 16.7. The van der Waals surface area contributed by atoms with E-state index in [2.05, 4.69) is 15.2 Å². The first-order valence-electron chi connectivity index (χ1n) is 9.86. The van der Waals surface area contributed by atoms with Crippen molar-refractivity contribution in [3.63, 3.8) is 0 Å². The van der Waals surface area contributed by atoms with E-state index in [4.69, 9.17) is 16.0 Å². The summed E-state index contributed by atoms with van der Waals surface area (Å²) in [4.78, 5) is 17.5. The average molecular weight is 452 g/mol. The first kappa shape index (κ1) is 19.8. The highest BCUT2D eigenvalue weighted by Crippen LogP contribution is 2.29. The van der Waals surface area contributed by atoms with Gasteiger partial charge in [0.1, 0.15) is 6.26 Å². The van der Waals surface area contributed by atoms with Crippen LogP contribution in [-0.2, 0) is 12.3 Å². The van der Waals surface area contributed by atoms with Crippen molar-refractivity contribution in [2.24, 2.45) is 0 Å². The lowest BCUT2D eigenvalue weighted by Gasteiger charge is -2.10. The van der Waals surface area contributed by atoms with Crippen molar-refractivity contribution < 1.29 is 4.42 Å². The number of rotatable bonds is 6. The van der Waals surface area contributed by atoms with E-state index in [9.17, 15) is 4.79 Å². The van der Waals surface area contributed by atoms with Crippen LogP contribution in [0, 0.1) is 0 Å². The van der Waals surface area contributed by atoms with Crippen molar-refractivity contribution in [2.45, 2.75) is 30.8 Å². The Hall–Kier alpha value is -3.10. The van der Waals surface area contributed by atoms with Crippen molar-refractivity contribution in [3.05, 3.63) is 75.9 Å². The molecule has 0 radical (unpaired) electrons. The second-order valence-corrected chi connectivity index (χ2v) is 8.35. The lowest BCUT2D eigenvalue weighted by Crippen LogP contribution is -2.23. The number of hydrogen-bond acceptors (Lipinski definition) is 6. The minimum absolute atomic E-state index is 0.0465. The lowest BCUT2D eigenvalue weighted by molar-refractivity contribution is 0.573. The molecule has 0 N–H and O–H groups in total. The number of oxazole rings is 1. The molecule has 156 valence electrons. The molecule has 0 saturated carbocycles. The Labute approximate surface area is 186 Å². The van der Waals surface area contributed by atoms with Crippen LogP contribution in [0.15, 0.2) is 69.2 Å². The number of benzene rings is 2. The number of aromatic nitrogens is 5. The highest BCUT2D eigenvalue weighted by atomic mass is 35.5. The van der Waals surface area contributed by atoms with Crippen LogP contribution in [0.4, 0.5) is 0 Å². The number of para-hydroxylation sites is 1. The molecule has 9 heteroatoms. The van der Waals surface area contributed by atoms with E-state index in [-0.39, 0.29) is 5.56 Å². The highest BCUT2D eigenvalue weighted by molar-refractivity contribution is 7.98. The van der Waals surface area contributed by atoms with Gasteiger partial charge in [0.05, 0.1) is 27.2 Å². The molecule has 0 unspecified atom stereocenters. The van der Waals surface area contributed by atoms with Gasteiger partial charge in [-0.25, -0.2) is 4.98 Å². The van der Waals surface area contributed by atoms with Crippen molar-refractivity contribution in [1.82, 2.24) is 24.1 Å². The molecule has 3 aromatic heterocycles. The van der Waals surface area contributed by atoms with Gasteiger partial charge in [0.25, 0.3) is 5.56 Å². The second-order valence-electron chi connectivity index (χ2n) is 7.00. The van der Waals surface area contributed by atoms with Crippen LogP contribution >= 0.6 is 23.4 Å². The van der Waals surface area contributed by atoms with E-state index in [1.807, 2.05) is 53.8 Å². The minimum Gasteiger partial charge on any atom is -0.444 e. The molecule has 5 aromatic rings. The Kier molecular flexibility index (Phi) is 5.25. The molecule has 0 spiro atoms. The third-order valence-electron chi connectivity index (χ3n) is 4.93. The molecule has 0 saturated heterocycles. The maximum absolute atomic E-state index is 12.9. The molecular weight excluding hydrogens is 434 g/mol. The third kappa shape index (κ3) is 3.51. The standard InChI is InChI=1S/C22H18ClN5O2S/c1-2-11-27-20(29)16-8-4-6-10-18(16)28-21(27)25-26-22(28)31-13-14-12-30-19(24-14)15-7-3-5-9-17(15)23/h3-10,12H,2,11,13H2,1H3. The molecule has 0 bridgehead atoms. The molecular formula is C22H18ClN5O2S. The fraction of sp³-hybridized carbons (Fsp3) is 0.182. The van der Waals surface area contributed by atoms with Crippen LogP contribution in [0.25, 0.3) is 28.1 Å². The molecule has 0 aliphatic carbocycles. The van der Waals surface area contributed by atoms with E-state index >= 15 is 0 Å². The minimum atomic E-state index is -0.0465. The second kappa shape index (κ2) is 8.20. The summed E-state index contributed by atoms with van der Waals surface area (Å²) in [7, 11) is 0. The number of halogens is 1. The summed E-state index contributed by atoms with van der Waals surface area (Å²) in [5, 5.41) is 10.6. The van der Waals surface area contributed by atoms with Gasteiger partial charge in [-0.15, -0.1) is 10.2 Å². The molecule has 2 aromatic carbocycles. The highest BCUT2D eigenvalue weighted by Gasteiger charge is 2.17. The summed E-state index contributed by atoms with van der Waals surface area (Å²) in [5.41, 5.74) is 2.26. The van der Waals surface area contributed by atoms with Gasteiger partial charge in [0, 0.05) is 12.3 Å². The predicted molar refractivity (Wildman–Crippen MR) is 122 cm³/mol. The fourth-order valence-electron chi connectivity index (χ4n) is 3.52. The zero-order chi connectivity index (χ0) is 21.4. The molecule has 31 heavy (non-hydrogen) atoms. The molecule has 3 heterocycles. The number of aryl methyl sites for hydroxylation is 1. The van der Waals surface area contributed by atoms with Crippen molar-refractivity contribution >= 4 is 40.0 Å². The van der Waals surface area contributed by atoms with Gasteiger partial charge >= 0.3 is 0 Å². The summed E-state index contributed by atoms with van der Waals surface area (Å²) in [6.45, 7) is 2.62. The summed E-state index contributed by atoms with van der Waals surface area (Å²) < 4.78 is 9.25. The van der Waals surface area contributed by atoms with E-state index in [0.717, 1.165) is 23.2 Å². The Morgan fingerprint density at radius 2 is 1.90 bits per heavy atom. The van der Waals surface area contributed by atoms with Gasteiger partial charge in [-0.1, -0.05) is 54.6 Å². The molecule has 0 atom stereocenters. The normalized spacial score (nSPS) is 11.5. The first-order chi connectivity index (χ1) is 15.2. The van der Waals surface area contributed by atoms with Gasteiger partial charge in [0.2, 0.25) is 11.7 Å². The largest absolute Gasteiger partial charge is 0.444 e. The van der Waals surface area contributed by atoms with Gasteiger partial charge in [0.15, 0.2) is 5.16 Å². The number of fused-ring (bicyclic) bond motifs is 3. The lowest BCUT2D eigenvalue weighted by atomic mass is 10.2. The SMILES string of the molecule is CCCn1c(=O)c2ccccc2n2c(SCc3coc(-c4ccccc4Cl)n3)nnc12. The van der Waals surface area contributed by atoms with E-state index in [1.165, 1.54) is 11.8 Å². The molecule has 7 nitrogen and oxygen atoms in total. The van der Waals surface area contributed by atoms with Gasteiger partial charge < -0.3 is 4.42 Å². The van der Waals surface area contributed by atoms with Crippen molar-refractivity contribution in [3.8, 4) is 11.5 Å². The van der Waals surface area contributed by atoms with Crippen molar-refractivity contribution in [2.75, 3.05) is 0 Å². The number of nitrogens with zero attached hydrogens (tertiary/aromatic N) is 5. The van der Waals surface area contributed by atoms with Crippen LogP contribution in [0.2, 0.25) is 5.02 Å². The average Bonchev–Trinajstić information content (AvgIpc) is 3.43. The summed E-state index contributed by atoms with van der Waals surface area (Å²) >= 11 is 7.73. The third-order valence-corrected chi connectivity index (χ3v) is 6.22. The predicted octanol–water partition coefficient (Wildman–Crippen LogP) is 5.05. The zero-order valence-corrected chi connectivity index (χ0v) is 18.2. The Bertz CT molecular complexity index is 1460.